The molecule has 0 aliphatic carbocycles. The molecule has 0 heterocycles. The third-order valence-electron chi connectivity index (χ3n) is 1.58. The molecule has 76 valence electrons. The van der Waals surface area contributed by atoms with E-state index in [9.17, 15) is 4.79 Å². The Morgan fingerprint density at radius 1 is 1.57 bits per heavy atom. The molecule has 3 nitrogen and oxygen atoms in total. The number of alkyl halides is 1. The summed E-state index contributed by atoms with van der Waals surface area (Å²) in [5.74, 6) is -0.336. The van der Waals surface area contributed by atoms with E-state index in [1.54, 1.807) is 13.0 Å². The zero-order valence-electron chi connectivity index (χ0n) is 7.42. The molecule has 0 aliphatic heterocycles. The van der Waals surface area contributed by atoms with Crippen molar-refractivity contribution in [2.45, 2.75) is 12.3 Å². The van der Waals surface area contributed by atoms with Crippen molar-refractivity contribution in [3.8, 4) is 5.75 Å². The lowest BCUT2D eigenvalue weighted by atomic mass is 10.3. The molecule has 1 amide bonds. The van der Waals surface area contributed by atoms with E-state index in [4.69, 9.17) is 28.3 Å². The second kappa shape index (κ2) is 4.53. The first-order chi connectivity index (χ1) is 6.50. The first-order valence-electron chi connectivity index (χ1n) is 3.94. The molecule has 0 aliphatic rings. The Labute approximate surface area is 91.6 Å². The number of amides is 1. The van der Waals surface area contributed by atoms with Crippen LogP contribution in [0, 0.1) is 0 Å². The summed E-state index contributed by atoms with van der Waals surface area (Å²) >= 11 is 11.2. The Balaban J connectivity index is 2.78. The minimum Gasteiger partial charge on any atom is -0.506 e. The number of anilines is 1. The maximum Gasteiger partial charge on any atom is 0.242 e. The molecule has 5 heteroatoms. The van der Waals surface area contributed by atoms with Crippen LogP contribution < -0.4 is 5.32 Å². The van der Waals surface area contributed by atoms with Gasteiger partial charge in [-0.15, -0.1) is 11.6 Å². The second-order valence-electron chi connectivity index (χ2n) is 2.77. The smallest absolute Gasteiger partial charge is 0.242 e. The van der Waals surface area contributed by atoms with Crippen molar-refractivity contribution in [3.63, 3.8) is 0 Å². The summed E-state index contributed by atoms with van der Waals surface area (Å²) in [4.78, 5) is 11.2. The minimum atomic E-state index is -0.609. The fourth-order valence-corrected chi connectivity index (χ4v) is 1.06. The molecule has 14 heavy (non-hydrogen) atoms. The van der Waals surface area contributed by atoms with Crippen molar-refractivity contribution in [1.29, 1.82) is 0 Å². The van der Waals surface area contributed by atoms with E-state index in [2.05, 4.69) is 5.32 Å². The van der Waals surface area contributed by atoms with Gasteiger partial charge in [0.15, 0.2) is 0 Å². The summed E-state index contributed by atoms with van der Waals surface area (Å²) in [5.41, 5.74) is 0.505. The average Bonchev–Trinajstić information content (AvgIpc) is 2.11. The van der Waals surface area contributed by atoms with E-state index in [0.717, 1.165) is 0 Å². The molecule has 1 aromatic carbocycles. The largest absolute Gasteiger partial charge is 0.506 e. The molecule has 1 rings (SSSR count). The van der Waals surface area contributed by atoms with Crippen LogP contribution >= 0.6 is 23.2 Å². The van der Waals surface area contributed by atoms with E-state index in [-0.39, 0.29) is 16.7 Å². The molecule has 0 saturated carbocycles. The molecule has 0 radical (unpaired) electrons. The van der Waals surface area contributed by atoms with Crippen molar-refractivity contribution in [2.75, 3.05) is 5.32 Å². The summed E-state index contributed by atoms with van der Waals surface area (Å²) < 4.78 is 0. The molecule has 1 unspecified atom stereocenters. The van der Waals surface area contributed by atoms with E-state index < -0.39 is 5.38 Å². The summed E-state index contributed by atoms with van der Waals surface area (Å²) in [7, 11) is 0. The Morgan fingerprint density at radius 2 is 2.21 bits per heavy atom. The Kier molecular flexibility index (Phi) is 3.61. The van der Waals surface area contributed by atoms with Crippen molar-refractivity contribution >= 4 is 34.8 Å². The molecule has 2 N–H and O–H groups in total. The highest BCUT2D eigenvalue weighted by molar-refractivity contribution is 6.33. The summed E-state index contributed by atoms with van der Waals surface area (Å²) in [6, 6.07) is 4.39. The van der Waals surface area contributed by atoms with Crippen LogP contribution in [0.15, 0.2) is 18.2 Å². The van der Waals surface area contributed by atoms with Gasteiger partial charge in [0.1, 0.15) is 11.1 Å². The van der Waals surface area contributed by atoms with Gasteiger partial charge in [-0.05, 0) is 25.1 Å². The summed E-state index contributed by atoms with van der Waals surface area (Å²) in [6.07, 6.45) is 0. The highest BCUT2D eigenvalue weighted by Gasteiger charge is 2.09. The number of phenolic OH excluding ortho intramolecular Hbond substituents is 1. The van der Waals surface area contributed by atoms with Crippen molar-refractivity contribution < 1.29 is 9.90 Å². The highest BCUT2D eigenvalue weighted by Crippen LogP contribution is 2.26. The van der Waals surface area contributed by atoms with Crippen LogP contribution in [-0.4, -0.2) is 16.4 Å². The molecular weight excluding hydrogens is 225 g/mol. The van der Waals surface area contributed by atoms with Crippen LogP contribution in [0.4, 0.5) is 5.69 Å². The quantitative estimate of drug-likeness (QED) is 0.610. The predicted octanol–water partition coefficient (Wildman–Crippen LogP) is 2.61. The molecule has 0 saturated heterocycles. The molecular formula is C9H9Cl2NO2. The molecule has 0 bridgehead atoms. The third kappa shape index (κ3) is 2.79. The Morgan fingerprint density at radius 3 is 2.71 bits per heavy atom. The molecule has 1 atom stereocenters. The van der Waals surface area contributed by atoms with Crippen LogP contribution in [0.1, 0.15) is 6.92 Å². The average molecular weight is 234 g/mol. The van der Waals surface area contributed by atoms with Gasteiger partial charge in [0.05, 0.1) is 5.02 Å². The number of halogens is 2. The van der Waals surface area contributed by atoms with Crippen LogP contribution in [0.2, 0.25) is 5.02 Å². The number of hydrogen-bond acceptors (Lipinski definition) is 2. The number of aromatic hydroxyl groups is 1. The van der Waals surface area contributed by atoms with E-state index in [0.29, 0.717) is 5.69 Å². The van der Waals surface area contributed by atoms with Crippen molar-refractivity contribution in [1.82, 2.24) is 0 Å². The lowest BCUT2D eigenvalue weighted by molar-refractivity contribution is -0.115. The molecule has 0 spiro atoms. The second-order valence-corrected chi connectivity index (χ2v) is 3.83. The lowest BCUT2D eigenvalue weighted by Gasteiger charge is -2.07. The first kappa shape index (κ1) is 11.1. The molecule has 0 fully saturated rings. The van der Waals surface area contributed by atoms with Crippen LogP contribution in [0.25, 0.3) is 0 Å². The number of phenols is 1. The predicted molar refractivity (Wildman–Crippen MR) is 57.1 cm³/mol. The van der Waals surface area contributed by atoms with Crippen LogP contribution in [0.5, 0.6) is 5.75 Å². The standard InChI is InChI=1S/C9H9Cl2NO2/c1-5(10)9(14)12-6-2-3-8(13)7(11)4-6/h2-5,13H,1H3,(H,12,14). The van der Waals surface area contributed by atoms with Gasteiger partial charge in [-0.1, -0.05) is 11.6 Å². The topological polar surface area (TPSA) is 49.3 Å². The Bertz CT molecular complexity index is 353. The minimum absolute atomic E-state index is 0.0245. The van der Waals surface area contributed by atoms with Gasteiger partial charge >= 0.3 is 0 Å². The highest BCUT2D eigenvalue weighted by atomic mass is 35.5. The van der Waals surface area contributed by atoms with E-state index in [1.807, 2.05) is 0 Å². The summed E-state index contributed by atoms with van der Waals surface area (Å²) in [6.45, 7) is 1.57. The van der Waals surface area contributed by atoms with Crippen LogP contribution in [0.3, 0.4) is 0 Å². The van der Waals surface area contributed by atoms with Gasteiger partial charge in [0.25, 0.3) is 0 Å². The van der Waals surface area contributed by atoms with Crippen LogP contribution in [-0.2, 0) is 4.79 Å². The first-order valence-corrected chi connectivity index (χ1v) is 4.75. The molecule has 0 aromatic heterocycles. The number of hydrogen-bond donors (Lipinski definition) is 2. The van der Waals surface area contributed by atoms with Gasteiger partial charge in [-0.25, -0.2) is 0 Å². The third-order valence-corrected chi connectivity index (χ3v) is 2.08. The van der Waals surface area contributed by atoms with Gasteiger partial charge in [-0.3, -0.25) is 4.79 Å². The normalized spacial score (nSPS) is 12.2. The maximum atomic E-state index is 11.2. The number of nitrogens with one attached hydrogen (secondary N) is 1. The van der Waals surface area contributed by atoms with E-state index in [1.165, 1.54) is 12.1 Å². The fourth-order valence-electron chi connectivity index (χ4n) is 0.826. The van der Waals surface area contributed by atoms with E-state index >= 15 is 0 Å². The fraction of sp³-hybridized carbons (Fsp3) is 0.222. The monoisotopic (exact) mass is 233 g/mol. The zero-order chi connectivity index (χ0) is 10.7. The van der Waals surface area contributed by atoms with Crippen molar-refractivity contribution in [3.05, 3.63) is 23.2 Å². The van der Waals surface area contributed by atoms with Gasteiger partial charge in [-0.2, -0.15) is 0 Å². The zero-order valence-corrected chi connectivity index (χ0v) is 8.93. The maximum absolute atomic E-state index is 11.2. The number of benzene rings is 1. The van der Waals surface area contributed by atoms with Crippen molar-refractivity contribution in [2.24, 2.45) is 0 Å². The summed E-state index contributed by atoms with van der Waals surface area (Å²) in [5, 5.41) is 11.2. The number of carbonyl (C=O) groups excluding carboxylic acids is 1. The SMILES string of the molecule is CC(Cl)C(=O)Nc1ccc(O)c(Cl)c1. The van der Waals surface area contributed by atoms with Gasteiger partial charge < -0.3 is 10.4 Å². The number of rotatable bonds is 2. The van der Waals surface area contributed by atoms with Gasteiger partial charge in [0.2, 0.25) is 5.91 Å². The molecule has 1 aromatic rings. The number of carbonyl (C=O) groups is 1. The Hall–Kier alpha value is -0.930. The van der Waals surface area contributed by atoms with Gasteiger partial charge in [0, 0.05) is 5.69 Å². The lowest BCUT2D eigenvalue weighted by Crippen LogP contribution is -2.20.